The molecule has 1 aromatic heterocycles. The smallest absolute Gasteiger partial charge is 0.255 e. The molecule has 26 heavy (non-hydrogen) atoms. The van der Waals surface area contributed by atoms with Gasteiger partial charge < -0.3 is 10.3 Å². The van der Waals surface area contributed by atoms with Gasteiger partial charge in [-0.25, -0.2) is 4.98 Å². The lowest BCUT2D eigenvalue weighted by molar-refractivity contribution is 0.102. The number of benzene rings is 3. The minimum absolute atomic E-state index is 0.223. The molecule has 0 bridgehead atoms. The number of rotatable bonds is 3. The second kappa shape index (κ2) is 6.83. The van der Waals surface area contributed by atoms with E-state index >= 15 is 0 Å². The second-order valence-corrected chi connectivity index (χ2v) is 6.58. The largest absolute Gasteiger partial charge is 0.338 e. The van der Waals surface area contributed by atoms with Gasteiger partial charge in [0.1, 0.15) is 5.82 Å². The predicted molar refractivity (Wildman–Crippen MR) is 106 cm³/mol. The molecule has 3 aromatic carbocycles. The molecule has 0 aliphatic carbocycles. The van der Waals surface area contributed by atoms with Crippen LogP contribution in [0.1, 0.15) is 10.4 Å². The Bertz CT molecular complexity index is 1070. The van der Waals surface area contributed by atoms with Crippen LogP contribution in [0.5, 0.6) is 0 Å². The number of imidazole rings is 1. The van der Waals surface area contributed by atoms with Crippen LogP contribution in [0.4, 0.5) is 5.69 Å². The number of nitrogens with zero attached hydrogens (tertiary/aromatic N) is 1. The predicted octanol–water partition coefficient (Wildman–Crippen LogP) is 5.79. The van der Waals surface area contributed by atoms with Gasteiger partial charge in [0.2, 0.25) is 0 Å². The van der Waals surface area contributed by atoms with Gasteiger partial charge in [0, 0.05) is 16.8 Å². The van der Waals surface area contributed by atoms with Crippen molar-refractivity contribution >= 4 is 45.8 Å². The number of para-hydroxylation sites is 2. The maximum absolute atomic E-state index is 12.4. The van der Waals surface area contributed by atoms with Gasteiger partial charge in [-0.05, 0) is 42.5 Å². The summed E-state index contributed by atoms with van der Waals surface area (Å²) >= 11 is 11.9. The van der Waals surface area contributed by atoms with Gasteiger partial charge in [0.05, 0.1) is 21.1 Å². The zero-order chi connectivity index (χ0) is 18.1. The molecule has 1 heterocycles. The monoisotopic (exact) mass is 381 g/mol. The summed E-state index contributed by atoms with van der Waals surface area (Å²) in [6.07, 6.45) is 0. The molecule has 1 amide bonds. The minimum atomic E-state index is -0.223. The first-order chi connectivity index (χ1) is 12.6. The average Bonchev–Trinajstić information content (AvgIpc) is 3.09. The van der Waals surface area contributed by atoms with Gasteiger partial charge >= 0.3 is 0 Å². The maximum atomic E-state index is 12.4. The zero-order valence-corrected chi connectivity index (χ0v) is 15.0. The Hall–Kier alpha value is -2.82. The minimum Gasteiger partial charge on any atom is -0.338 e. The number of nitrogens with one attached hydrogen (secondary N) is 2. The molecule has 4 rings (SSSR count). The summed E-state index contributed by atoms with van der Waals surface area (Å²) in [6, 6.07) is 20.0. The molecule has 0 saturated heterocycles. The van der Waals surface area contributed by atoms with Gasteiger partial charge in [-0.1, -0.05) is 47.5 Å². The molecule has 0 aliphatic rings. The summed E-state index contributed by atoms with van der Waals surface area (Å²) in [6.45, 7) is 0. The van der Waals surface area contributed by atoms with Crippen LogP contribution in [0, 0.1) is 0 Å². The fourth-order valence-corrected chi connectivity index (χ4v) is 2.94. The van der Waals surface area contributed by atoms with E-state index in [0.717, 1.165) is 22.4 Å². The number of amides is 1. The van der Waals surface area contributed by atoms with Crippen molar-refractivity contribution in [3.8, 4) is 11.4 Å². The van der Waals surface area contributed by atoms with E-state index < -0.39 is 0 Å². The van der Waals surface area contributed by atoms with E-state index in [1.54, 1.807) is 30.3 Å². The number of fused-ring (bicyclic) bond motifs is 1. The van der Waals surface area contributed by atoms with E-state index in [9.17, 15) is 4.79 Å². The third-order valence-electron chi connectivity index (χ3n) is 3.99. The van der Waals surface area contributed by atoms with Crippen LogP contribution in [0.15, 0.2) is 66.7 Å². The Morgan fingerprint density at radius 1 is 0.923 bits per heavy atom. The Morgan fingerprint density at radius 2 is 1.69 bits per heavy atom. The van der Waals surface area contributed by atoms with Crippen LogP contribution >= 0.6 is 23.2 Å². The van der Waals surface area contributed by atoms with Gasteiger partial charge in [-0.3, -0.25) is 4.79 Å². The molecular formula is C20H13Cl2N3O. The number of hydrogen-bond acceptors (Lipinski definition) is 2. The quantitative estimate of drug-likeness (QED) is 0.471. The normalized spacial score (nSPS) is 10.8. The lowest BCUT2D eigenvalue weighted by Crippen LogP contribution is -2.11. The highest BCUT2D eigenvalue weighted by atomic mass is 35.5. The van der Waals surface area contributed by atoms with Crippen molar-refractivity contribution in [3.05, 3.63) is 82.3 Å². The molecule has 2 N–H and O–H groups in total. The van der Waals surface area contributed by atoms with E-state index in [1.165, 1.54) is 0 Å². The summed E-state index contributed by atoms with van der Waals surface area (Å²) in [4.78, 5) is 20.2. The van der Waals surface area contributed by atoms with E-state index in [2.05, 4.69) is 15.3 Å². The lowest BCUT2D eigenvalue weighted by Gasteiger charge is -2.07. The van der Waals surface area contributed by atoms with E-state index in [0.29, 0.717) is 21.3 Å². The topological polar surface area (TPSA) is 57.8 Å². The number of hydrogen-bond donors (Lipinski definition) is 2. The molecule has 4 aromatic rings. The highest BCUT2D eigenvalue weighted by Gasteiger charge is 2.09. The third kappa shape index (κ3) is 3.29. The molecule has 4 nitrogen and oxygen atoms in total. The first-order valence-electron chi connectivity index (χ1n) is 7.92. The number of H-pyrrole nitrogens is 1. The molecule has 0 fully saturated rings. The molecule has 0 atom stereocenters. The van der Waals surface area contributed by atoms with Crippen LogP contribution in [0.2, 0.25) is 10.0 Å². The standard InChI is InChI=1S/C20H13Cl2N3O/c21-15-10-9-14(11-16(15)22)23-20(26)13-7-5-12(6-8-13)19-24-17-3-1-2-4-18(17)25-19/h1-11H,(H,23,26)(H,24,25). The molecule has 0 unspecified atom stereocenters. The molecule has 0 radical (unpaired) electrons. The van der Waals surface area contributed by atoms with E-state index in [-0.39, 0.29) is 5.91 Å². The number of carbonyl (C=O) groups is 1. The van der Waals surface area contributed by atoms with Crippen molar-refractivity contribution in [2.24, 2.45) is 0 Å². The zero-order valence-electron chi connectivity index (χ0n) is 13.5. The number of anilines is 1. The van der Waals surface area contributed by atoms with Crippen molar-refractivity contribution in [2.45, 2.75) is 0 Å². The molecule has 0 saturated carbocycles. The number of aromatic nitrogens is 2. The van der Waals surface area contributed by atoms with Gasteiger partial charge in [0.25, 0.3) is 5.91 Å². The molecule has 6 heteroatoms. The Morgan fingerprint density at radius 3 is 2.42 bits per heavy atom. The van der Waals surface area contributed by atoms with Gasteiger partial charge in [-0.15, -0.1) is 0 Å². The van der Waals surface area contributed by atoms with Crippen molar-refractivity contribution in [1.29, 1.82) is 0 Å². The van der Waals surface area contributed by atoms with Crippen LogP contribution in [0.25, 0.3) is 22.4 Å². The summed E-state index contributed by atoms with van der Waals surface area (Å²) < 4.78 is 0. The molecular weight excluding hydrogens is 369 g/mol. The summed E-state index contributed by atoms with van der Waals surface area (Å²) in [7, 11) is 0. The van der Waals surface area contributed by atoms with Crippen molar-refractivity contribution in [1.82, 2.24) is 9.97 Å². The van der Waals surface area contributed by atoms with E-state index in [4.69, 9.17) is 23.2 Å². The molecule has 128 valence electrons. The van der Waals surface area contributed by atoms with Crippen molar-refractivity contribution < 1.29 is 4.79 Å². The SMILES string of the molecule is O=C(Nc1ccc(Cl)c(Cl)c1)c1ccc(-c2nc3ccccc3[nH]2)cc1. The summed E-state index contributed by atoms with van der Waals surface area (Å²) in [5, 5.41) is 3.64. The Balaban J connectivity index is 1.54. The van der Waals surface area contributed by atoms with Crippen molar-refractivity contribution in [2.75, 3.05) is 5.32 Å². The Labute approximate surface area is 159 Å². The van der Waals surface area contributed by atoms with Gasteiger partial charge in [0.15, 0.2) is 0 Å². The van der Waals surface area contributed by atoms with Crippen LogP contribution in [0.3, 0.4) is 0 Å². The fourth-order valence-electron chi connectivity index (χ4n) is 2.65. The highest BCUT2D eigenvalue weighted by molar-refractivity contribution is 6.42. The Kier molecular flexibility index (Phi) is 4.37. The number of carbonyl (C=O) groups excluding carboxylic acids is 1. The van der Waals surface area contributed by atoms with Crippen molar-refractivity contribution in [3.63, 3.8) is 0 Å². The number of halogens is 2. The third-order valence-corrected chi connectivity index (χ3v) is 4.73. The van der Waals surface area contributed by atoms with Crippen LogP contribution < -0.4 is 5.32 Å². The summed E-state index contributed by atoms with van der Waals surface area (Å²) in [5.74, 6) is 0.544. The average molecular weight is 382 g/mol. The first kappa shape index (κ1) is 16.6. The summed E-state index contributed by atoms with van der Waals surface area (Å²) in [5.41, 5.74) is 3.92. The van der Waals surface area contributed by atoms with Gasteiger partial charge in [-0.2, -0.15) is 0 Å². The lowest BCUT2D eigenvalue weighted by atomic mass is 10.1. The van der Waals surface area contributed by atoms with Crippen LogP contribution in [-0.4, -0.2) is 15.9 Å². The number of aromatic amines is 1. The highest BCUT2D eigenvalue weighted by Crippen LogP contribution is 2.25. The molecule has 0 aliphatic heterocycles. The van der Waals surface area contributed by atoms with Crippen LogP contribution in [-0.2, 0) is 0 Å². The van der Waals surface area contributed by atoms with E-state index in [1.807, 2.05) is 36.4 Å². The first-order valence-corrected chi connectivity index (χ1v) is 8.67. The second-order valence-electron chi connectivity index (χ2n) is 5.76. The molecule has 0 spiro atoms. The maximum Gasteiger partial charge on any atom is 0.255 e. The fraction of sp³-hybridized carbons (Fsp3) is 0.